The molecule has 0 N–H and O–H groups in total. The molecule has 0 bridgehead atoms. The van der Waals surface area contributed by atoms with Crippen molar-refractivity contribution in [1.82, 2.24) is 0 Å². The molecule has 0 aliphatic heterocycles. The van der Waals surface area contributed by atoms with Crippen molar-refractivity contribution in [2.24, 2.45) is 0 Å². The second-order valence-electron chi connectivity index (χ2n) is 3.94. The van der Waals surface area contributed by atoms with Crippen molar-refractivity contribution in [3.8, 4) is 11.8 Å². The summed E-state index contributed by atoms with van der Waals surface area (Å²) in [5.41, 5.74) is 0.548. The van der Waals surface area contributed by atoms with Gasteiger partial charge in [0.05, 0.1) is 11.1 Å². The summed E-state index contributed by atoms with van der Waals surface area (Å²) in [6.45, 7) is 0. The quantitative estimate of drug-likeness (QED) is 0.577. The van der Waals surface area contributed by atoms with E-state index in [1.165, 1.54) is 35.7 Å². The molecule has 0 spiro atoms. The molecule has 2 aromatic rings. The Kier molecular flexibility index (Phi) is 5.11. The zero-order chi connectivity index (χ0) is 14.5. The molecule has 0 atom stereocenters. The molecular weight excluding hydrogens is 294 g/mol. The van der Waals surface area contributed by atoms with Crippen LogP contribution in [0.5, 0.6) is 0 Å². The summed E-state index contributed by atoms with van der Waals surface area (Å²) >= 11 is 2.92. The lowest BCUT2D eigenvalue weighted by Crippen LogP contribution is -1.87. The van der Waals surface area contributed by atoms with Crippen molar-refractivity contribution >= 4 is 23.5 Å². The van der Waals surface area contributed by atoms with Gasteiger partial charge in [-0.1, -0.05) is 11.8 Å². The zero-order valence-electron chi connectivity index (χ0n) is 11.0. The highest BCUT2D eigenvalue weighted by atomic mass is 32.2. The highest BCUT2D eigenvalue weighted by Crippen LogP contribution is 2.19. The third kappa shape index (κ3) is 3.56. The Balaban J connectivity index is 2.31. The lowest BCUT2D eigenvalue weighted by atomic mass is 10.1. The Morgan fingerprint density at radius 1 is 0.750 bits per heavy atom. The second kappa shape index (κ2) is 6.83. The first-order chi connectivity index (χ1) is 9.63. The van der Waals surface area contributed by atoms with Crippen molar-refractivity contribution in [1.29, 1.82) is 0 Å². The third-order valence-corrected chi connectivity index (χ3v) is 4.14. The van der Waals surface area contributed by atoms with Crippen LogP contribution >= 0.6 is 23.5 Å². The van der Waals surface area contributed by atoms with Crippen LogP contribution in [0.3, 0.4) is 0 Å². The average Bonchev–Trinajstić information content (AvgIpc) is 2.46. The van der Waals surface area contributed by atoms with Crippen LogP contribution in [0.15, 0.2) is 46.2 Å². The van der Waals surface area contributed by atoms with Gasteiger partial charge in [0.1, 0.15) is 11.6 Å². The number of rotatable bonds is 2. The molecule has 0 aromatic heterocycles. The van der Waals surface area contributed by atoms with E-state index in [0.717, 1.165) is 9.79 Å². The number of hydrogen-bond acceptors (Lipinski definition) is 2. The molecule has 0 radical (unpaired) electrons. The van der Waals surface area contributed by atoms with Gasteiger partial charge in [-0.05, 0) is 48.9 Å². The van der Waals surface area contributed by atoms with Crippen LogP contribution in [0.25, 0.3) is 0 Å². The molecule has 4 heteroatoms. The van der Waals surface area contributed by atoms with Crippen molar-refractivity contribution in [3.05, 3.63) is 59.2 Å². The molecule has 0 aliphatic rings. The summed E-state index contributed by atoms with van der Waals surface area (Å²) in [6.07, 6.45) is 3.76. The Hall–Kier alpha value is -1.44. The van der Waals surface area contributed by atoms with Gasteiger partial charge in [-0.2, -0.15) is 0 Å². The van der Waals surface area contributed by atoms with E-state index in [4.69, 9.17) is 0 Å². The van der Waals surface area contributed by atoms with Gasteiger partial charge in [-0.15, -0.1) is 23.5 Å². The first-order valence-corrected chi connectivity index (χ1v) is 8.28. The largest absolute Gasteiger partial charge is 0.206 e. The molecule has 0 heterocycles. The van der Waals surface area contributed by atoms with Crippen molar-refractivity contribution in [3.63, 3.8) is 0 Å². The molecule has 0 amide bonds. The molecule has 2 aromatic carbocycles. The summed E-state index contributed by atoms with van der Waals surface area (Å²) in [7, 11) is 0. The predicted octanol–water partition coefficient (Wildman–Crippen LogP) is 4.81. The first kappa shape index (κ1) is 15.0. The van der Waals surface area contributed by atoms with Crippen LogP contribution in [0.4, 0.5) is 8.78 Å². The number of halogens is 2. The van der Waals surface area contributed by atoms with Gasteiger partial charge in [0.25, 0.3) is 0 Å². The van der Waals surface area contributed by atoms with Gasteiger partial charge in [-0.25, -0.2) is 8.78 Å². The molecule has 0 nitrogen and oxygen atoms in total. The minimum atomic E-state index is -0.384. The fourth-order valence-electron chi connectivity index (χ4n) is 1.58. The van der Waals surface area contributed by atoms with Gasteiger partial charge in [0, 0.05) is 9.79 Å². The van der Waals surface area contributed by atoms with E-state index in [0.29, 0.717) is 0 Å². The zero-order valence-corrected chi connectivity index (χ0v) is 12.7. The van der Waals surface area contributed by atoms with E-state index in [1.54, 1.807) is 24.3 Å². The van der Waals surface area contributed by atoms with E-state index in [9.17, 15) is 8.78 Å². The maximum absolute atomic E-state index is 13.7. The molecular formula is C16H12F2S2. The van der Waals surface area contributed by atoms with Crippen LogP contribution in [-0.2, 0) is 0 Å². The van der Waals surface area contributed by atoms with Crippen molar-refractivity contribution in [2.75, 3.05) is 12.5 Å². The SMILES string of the molecule is CSc1ccc(C#Cc2ccc(SC)cc2F)c(F)c1. The Morgan fingerprint density at radius 2 is 1.15 bits per heavy atom. The van der Waals surface area contributed by atoms with E-state index >= 15 is 0 Å². The number of benzene rings is 2. The monoisotopic (exact) mass is 306 g/mol. The van der Waals surface area contributed by atoms with E-state index in [-0.39, 0.29) is 22.8 Å². The smallest absolute Gasteiger partial charge is 0.139 e. The number of hydrogen-bond donors (Lipinski definition) is 0. The third-order valence-electron chi connectivity index (χ3n) is 2.68. The van der Waals surface area contributed by atoms with Gasteiger partial charge in [-0.3, -0.25) is 0 Å². The maximum Gasteiger partial charge on any atom is 0.139 e. The summed E-state index contributed by atoms with van der Waals surface area (Å²) in [5, 5.41) is 0. The van der Waals surface area contributed by atoms with Crippen molar-refractivity contribution < 1.29 is 8.78 Å². The van der Waals surface area contributed by atoms with Crippen molar-refractivity contribution in [2.45, 2.75) is 9.79 Å². The molecule has 20 heavy (non-hydrogen) atoms. The maximum atomic E-state index is 13.7. The number of thioether (sulfide) groups is 2. The lowest BCUT2D eigenvalue weighted by molar-refractivity contribution is 0.619. The minimum absolute atomic E-state index is 0.274. The molecule has 0 aliphatic carbocycles. The van der Waals surface area contributed by atoms with Crippen LogP contribution in [0.2, 0.25) is 0 Å². The Labute approximate surface area is 126 Å². The standard InChI is InChI=1S/C16H12F2S2/c1-19-13-7-5-11(15(17)9-13)3-4-12-6-8-14(20-2)10-16(12)18/h5-10H,1-2H3. The van der Waals surface area contributed by atoms with Gasteiger partial charge in [0.15, 0.2) is 0 Å². The predicted molar refractivity (Wildman–Crippen MR) is 82.3 cm³/mol. The normalized spacial score (nSPS) is 10.0. The Morgan fingerprint density at radius 3 is 1.45 bits per heavy atom. The minimum Gasteiger partial charge on any atom is -0.206 e. The van der Waals surface area contributed by atoms with Crippen LogP contribution in [0, 0.1) is 23.5 Å². The first-order valence-electron chi connectivity index (χ1n) is 5.83. The van der Waals surface area contributed by atoms with Gasteiger partial charge >= 0.3 is 0 Å². The molecule has 0 saturated heterocycles. The molecule has 102 valence electrons. The van der Waals surface area contributed by atoms with Crippen LogP contribution in [0.1, 0.15) is 11.1 Å². The highest BCUT2D eigenvalue weighted by Gasteiger charge is 2.02. The van der Waals surface area contributed by atoms with Gasteiger partial charge < -0.3 is 0 Å². The van der Waals surface area contributed by atoms with E-state index in [1.807, 2.05) is 12.5 Å². The summed E-state index contributed by atoms with van der Waals surface area (Å²) in [4.78, 5) is 1.67. The lowest BCUT2D eigenvalue weighted by Gasteiger charge is -1.99. The highest BCUT2D eigenvalue weighted by molar-refractivity contribution is 7.98. The van der Waals surface area contributed by atoms with E-state index in [2.05, 4.69) is 11.8 Å². The molecule has 2 rings (SSSR count). The molecule has 0 fully saturated rings. The second-order valence-corrected chi connectivity index (χ2v) is 5.70. The summed E-state index contributed by atoms with van der Waals surface area (Å²) < 4.78 is 27.5. The van der Waals surface area contributed by atoms with Crippen LogP contribution in [-0.4, -0.2) is 12.5 Å². The van der Waals surface area contributed by atoms with Crippen LogP contribution < -0.4 is 0 Å². The summed E-state index contributed by atoms with van der Waals surface area (Å²) in [6, 6.07) is 9.68. The Bertz CT molecular complexity index is 627. The molecule has 0 unspecified atom stereocenters. The topological polar surface area (TPSA) is 0 Å². The average molecular weight is 306 g/mol. The molecule has 0 saturated carbocycles. The fourth-order valence-corrected chi connectivity index (χ4v) is 2.43. The summed E-state index contributed by atoms with van der Waals surface area (Å²) in [5.74, 6) is 4.59. The fraction of sp³-hybridized carbons (Fsp3) is 0.125. The van der Waals surface area contributed by atoms with Gasteiger partial charge in [0.2, 0.25) is 0 Å². The van der Waals surface area contributed by atoms with E-state index < -0.39 is 0 Å².